The van der Waals surface area contributed by atoms with Gasteiger partial charge in [0, 0.05) is 16.8 Å². The number of rotatable bonds is 6. The second-order valence-corrected chi connectivity index (χ2v) is 6.17. The molecule has 0 bridgehead atoms. The van der Waals surface area contributed by atoms with E-state index in [2.05, 4.69) is 15.8 Å². The second kappa shape index (κ2) is 9.33. The molecule has 3 aromatic carbocycles. The van der Waals surface area contributed by atoms with Gasteiger partial charge >= 0.3 is 0 Å². The summed E-state index contributed by atoms with van der Waals surface area (Å²) in [5.41, 5.74) is 4.17. The molecule has 0 saturated carbocycles. The molecule has 30 heavy (non-hydrogen) atoms. The Bertz CT molecular complexity index is 1080. The number of amides is 2. The number of hydrazone groups is 1. The fraction of sp³-hybridized carbons (Fsp3) is 0.0455. The minimum Gasteiger partial charge on any atom is -0.504 e. The smallest absolute Gasteiger partial charge is 0.271 e. The van der Waals surface area contributed by atoms with Gasteiger partial charge in [0.25, 0.3) is 11.8 Å². The van der Waals surface area contributed by atoms with Crippen LogP contribution in [-0.4, -0.2) is 30.2 Å². The average Bonchev–Trinajstić information content (AvgIpc) is 2.75. The van der Waals surface area contributed by atoms with Crippen LogP contribution in [0.4, 0.5) is 10.1 Å². The number of carbonyl (C=O) groups is 2. The van der Waals surface area contributed by atoms with Crippen LogP contribution in [-0.2, 0) is 0 Å². The summed E-state index contributed by atoms with van der Waals surface area (Å²) < 4.78 is 17.9. The van der Waals surface area contributed by atoms with Gasteiger partial charge < -0.3 is 15.2 Å². The van der Waals surface area contributed by atoms with Crippen molar-refractivity contribution in [1.82, 2.24) is 5.43 Å². The molecule has 2 amide bonds. The Morgan fingerprint density at radius 3 is 2.27 bits per heavy atom. The largest absolute Gasteiger partial charge is 0.504 e. The van der Waals surface area contributed by atoms with Gasteiger partial charge in [0.2, 0.25) is 0 Å². The van der Waals surface area contributed by atoms with Crippen molar-refractivity contribution in [3.05, 3.63) is 89.2 Å². The lowest BCUT2D eigenvalue weighted by molar-refractivity contribution is 0.0954. The Morgan fingerprint density at radius 2 is 1.60 bits per heavy atom. The number of hydrogen-bond acceptors (Lipinski definition) is 5. The van der Waals surface area contributed by atoms with Gasteiger partial charge in [0.1, 0.15) is 5.82 Å². The van der Waals surface area contributed by atoms with Crippen molar-refractivity contribution in [1.29, 1.82) is 0 Å². The molecule has 3 aromatic rings. The van der Waals surface area contributed by atoms with E-state index in [9.17, 15) is 19.1 Å². The first-order valence-corrected chi connectivity index (χ1v) is 8.83. The van der Waals surface area contributed by atoms with E-state index in [-0.39, 0.29) is 11.7 Å². The third kappa shape index (κ3) is 5.20. The van der Waals surface area contributed by atoms with Gasteiger partial charge in [-0.2, -0.15) is 5.10 Å². The third-order valence-electron chi connectivity index (χ3n) is 4.09. The van der Waals surface area contributed by atoms with Gasteiger partial charge in [0.15, 0.2) is 11.5 Å². The van der Waals surface area contributed by atoms with E-state index in [0.29, 0.717) is 28.1 Å². The van der Waals surface area contributed by atoms with Crippen LogP contribution >= 0.6 is 0 Å². The van der Waals surface area contributed by atoms with Crippen LogP contribution in [0.5, 0.6) is 11.5 Å². The molecule has 0 aliphatic carbocycles. The van der Waals surface area contributed by atoms with E-state index < -0.39 is 11.7 Å². The Hall–Kier alpha value is -4.20. The first-order chi connectivity index (χ1) is 14.5. The summed E-state index contributed by atoms with van der Waals surface area (Å²) >= 11 is 0. The van der Waals surface area contributed by atoms with E-state index in [4.69, 9.17) is 4.74 Å². The van der Waals surface area contributed by atoms with E-state index in [1.807, 2.05) is 0 Å². The third-order valence-corrected chi connectivity index (χ3v) is 4.09. The Balaban J connectivity index is 1.58. The zero-order valence-corrected chi connectivity index (χ0v) is 15.9. The number of hydrogen-bond donors (Lipinski definition) is 3. The van der Waals surface area contributed by atoms with Gasteiger partial charge in [-0.15, -0.1) is 0 Å². The molecular weight excluding hydrogens is 389 g/mol. The number of benzene rings is 3. The molecule has 3 N–H and O–H groups in total. The molecule has 8 heteroatoms. The number of ether oxygens (including phenoxy) is 1. The predicted octanol–water partition coefficient (Wildman–Crippen LogP) is 3.56. The normalized spacial score (nSPS) is 10.6. The zero-order chi connectivity index (χ0) is 21.5. The fourth-order valence-electron chi connectivity index (χ4n) is 2.51. The summed E-state index contributed by atoms with van der Waals surface area (Å²) in [5.74, 6) is -0.947. The highest BCUT2D eigenvalue weighted by Crippen LogP contribution is 2.25. The molecule has 0 aromatic heterocycles. The lowest BCUT2D eigenvalue weighted by Gasteiger charge is -2.06. The molecule has 0 aliphatic heterocycles. The number of carbonyl (C=O) groups excluding carboxylic acids is 2. The molecule has 152 valence electrons. The SMILES string of the molecule is COc1cc(C=NNC(=O)c2ccc(NC(=O)c3ccc(F)cc3)cc2)ccc1O. The van der Waals surface area contributed by atoms with Crippen LogP contribution in [0.3, 0.4) is 0 Å². The first kappa shape index (κ1) is 20.5. The average molecular weight is 407 g/mol. The van der Waals surface area contributed by atoms with Crippen LogP contribution in [0.2, 0.25) is 0 Å². The highest BCUT2D eigenvalue weighted by molar-refractivity contribution is 6.04. The molecule has 0 spiro atoms. The number of anilines is 1. The number of phenolic OH excluding ortho intramolecular Hbond substituents is 1. The van der Waals surface area contributed by atoms with Crippen LogP contribution in [0.25, 0.3) is 0 Å². The zero-order valence-electron chi connectivity index (χ0n) is 15.9. The van der Waals surface area contributed by atoms with E-state index >= 15 is 0 Å². The van der Waals surface area contributed by atoms with Crippen LogP contribution in [0.1, 0.15) is 26.3 Å². The monoisotopic (exact) mass is 407 g/mol. The summed E-state index contributed by atoms with van der Waals surface area (Å²) in [4.78, 5) is 24.3. The maximum atomic E-state index is 12.9. The van der Waals surface area contributed by atoms with Gasteiger partial charge in [-0.25, -0.2) is 9.82 Å². The number of phenols is 1. The molecule has 0 heterocycles. The van der Waals surface area contributed by atoms with Crippen LogP contribution in [0, 0.1) is 5.82 Å². The van der Waals surface area contributed by atoms with Gasteiger partial charge in [0.05, 0.1) is 13.3 Å². The van der Waals surface area contributed by atoms with Gasteiger partial charge in [-0.3, -0.25) is 9.59 Å². The Kier molecular flexibility index (Phi) is 6.39. The van der Waals surface area contributed by atoms with E-state index in [0.717, 1.165) is 0 Å². The fourth-order valence-corrected chi connectivity index (χ4v) is 2.51. The summed E-state index contributed by atoms with van der Waals surface area (Å²) in [6.45, 7) is 0. The van der Waals surface area contributed by atoms with Crippen molar-refractivity contribution in [2.45, 2.75) is 0 Å². The van der Waals surface area contributed by atoms with Crippen molar-refractivity contribution >= 4 is 23.7 Å². The van der Waals surface area contributed by atoms with E-state index in [1.165, 1.54) is 55.8 Å². The maximum Gasteiger partial charge on any atom is 0.271 e. The van der Waals surface area contributed by atoms with Crippen LogP contribution < -0.4 is 15.5 Å². The number of halogens is 1. The quantitative estimate of drug-likeness (QED) is 0.430. The molecule has 3 rings (SSSR count). The molecule has 0 unspecified atom stereocenters. The van der Waals surface area contributed by atoms with Crippen molar-refractivity contribution in [3.8, 4) is 11.5 Å². The highest BCUT2D eigenvalue weighted by atomic mass is 19.1. The number of aromatic hydroxyl groups is 1. The molecule has 0 atom stereocenters. The topological polar surface area (TPSA) is 100 Å². The molecular formula is C22H18FN3O4. The number of methoxy groups -OCH3 is 1. The molecule has 7 nitrogen and oxygen atoms in total. The van der Waals surface area contributed by atoms with Gasteiger partial charge in [-0.1, -0.05) is 0 Å². The molecule has 0 aliphatic rings. The highest BCUT2D eigenvalue weighted by Gasteiger charge is 2.08. The lowest BCUT2D eigenvalue weighted by Crippen LogP contribution is -2.17. The minimum absolute atomic E-state index is 0.00490. The van der Waals surface area contributed by atoms with Crippen molar-refractivity contribution in [3.63, 3.8) is 0 Å². The molecule has 0 radical (unpaired) electrons. The lowest BCUT2D eigenvalue weighted by atomic mass is 10.1. The van der Waals surface area contributed by atoms with Crippen molar-refractivity contribution < 1.29 is 23.8 Å². The molecule has 0 fully saturated rings. The summed E-state index contributed by atoms with van der Waals surface area (Å²) in [7, 11) is 1.43. The second-order valence-electron chi connectivity index (χ2n) is 6.17. The summed E-state index contributed by atoms with van der Waals surface area (Å²) in [6, 6.07) is 16.0. The van der Waals surface area contributed by atoms with Crippen LogP contribution in [0.15, 0.2) is 71.8 Å². The van der Waals surface area contributed by atoms with Crippen molar-refractivity contribution in [2.75, 3.05) is 12.4 Å². The van der Waals surface area contributed by atoms with Crippen molar-refractivity contribution in [2.24, 2.45) is 5.10 Å². The standard InChI is InChI=1S/C22H18FN3O4/c1-30-20-12-14(2-11-19(20)27)13-24-26-22(29)16-5-9-18(10-6-16)25-21(28)15-3-7-17(23)8-4-15/h2-13,27H,1H3,(H,25,28)(H,26,29). The summed E-state index contributed by atoms with van der Waals surface area (Å²) in [6.07, 6.45) is 1.41. The summed E-state index contributed by atoms with van der Waals surface area (Å²) in [5, 5.41) is 16.1. The number of nitrogens with one attached hydrogen (secondary N) is 2. The van der Waals surface area contributed by atoms with Gasteiger partial charge in [-0.05, 0) is 72.3 Å². The Labute approximate surface area is 171 Å². The predicted molar refractivity (Wildman–Crippen MR) is 111 cm³/mol. The minimum atomic E-state index is -0.437. The Morgan fingerprint density at radius 1 is 0.967 bits per heavy atom. The number of nitrogens with zero attached hydrogens (tertiary/aromatic N) is 1. The molecule has 0 saturated heterocycles. The van der Waals surface area contributed by atoms with E-state index in [1.54, 1.807) is 24.3 Å². The first-order valence-electron chi connectivity index (χ1n) is 8.83. The maximum absolute atomic E-state index is 12.9.